The van der Waals surface area contributed by atoms with Crippen LogP contribution in [-0.2, 0) is 4.74 Å². The van der Waals surface area contributed by atoms with Crippen LogP contribution in [0.3, 0.4) is 0 Å². The van der Waals surface area contributed by atoms with Gasteiger partial charge in [0.05, 0.1) is 11.7 Å². The number of hydrogen-bond donors (Lipinski definition) is 1. The summed E-state index contributed by atoms with van der Waals surface area (Å²) in [6.45, 7) is 11.5. The Balaban J connectivity index is 1.92. The van der Waals surface area contributed by atoms with Gasteiger partial charge in [-0.2, -0.15) is 0 Å². The Morgan fingerprint density at radius 2 is 2.00 bits per heavy atom. The summed E-state index contributed by atoms with van der Waals surface area (Å²) in [7, 11) is 0. The molecule has 0 aromatic heterocycles. The molecule has 2 nitrogen and oxygen atoms in total. The summed E-state index contributed by atoms with van der Waals surface area (Å²) < 4.78 is 6.10. The lowest BCUT2D eigenvalue weighted by Crippen LogP contribution is -2.57. The van der Waals surface area contributed by atoms with Gasteiger partial charge in [-0.15, -0.1) is 0 Å². The molecule has 2 aliphatic rings. The highest BCUT2D eigenvalue weighted by Gasteiger charge is 2.44. The van der Waals surface area contributed by atoms with Gasteiger partial charge in [0.1, 0.15) is 0 Å². The molecule has 0 aromatic rings. The van der Waals surface area contributed by atoms with E-state index in [2.05, 4.69) is 33.0 Å². The first kappa shape index (κ1) is 11.4. The van der Waals surface area contributed by atoms with Crippen LogP contribution in [0.25, 0.3) is 0 Å². The molecule has 0 bridgehead atoms. The zero-order chi connectivity index (χ0) is 11.1. The number of ether oxygens (including phenoxy) is 1. The molecule has 0 radical (unpaired) electrons. The number of rotatable bonds is 3. The van der Waals surface area contributed by atoms with Crippen LogP contribution in [0, 0.1) is 11.3 Å². The molecule has 1 N–H and O–H groups in total. The van der Waals surface area contributed by atoms with Crippen molar-refractivity contribution in [2.24, 2.45) is 11.3 Å². The van der Waals surface area contributed by atoms with Crippen molar-refractivity contribution in [1.82, 2.24) is 5.32 Å². The van der Waals surface area contributed by atoms with Crippen molar-refractivity contribution in [1.29, 1.82) is 0 Å². The van der Waals surface area contributed by atoms with E-state index < -0.39 is 0 Å². The number of nitrogens with one attached hydrogen (secondary N) is 1. The molecule has 0 saturated carbocycles. The molecular weight excluding hydrogens is 186 g/mol. The van der Waals surface area contributed by atoms with Crippen LogP contribution in [0.5, 0.6) is 0 Å². The predicted octanol–water partition coefficient (Wildman–Crippen LogP) is 2.58. The minimum atomic E-state index is 0.125. The summed E-state index contributed by atoms with van der Waals surface area (Å²) >= 11 is 0. The van der Waals surface area contributed by atoms with Crippen molar-refractivity contribution >= 4 is 0 Å². The summed E-state index contributed by atoms with van der Waals surface area (Å²) in [6.07, 6.45) is 4.23. The second-order valence-corrected chi connectivity index (χ2v) is 6.36. The molecule has 2 fully saturated rings. The van der Waals surface area contributed by atoms with E-state index in [9.17, 15) is 0 Å². The summed E-state index contributed by atoms with van der Waals surface area (Å²) in [6, 6.07) is 0. The Morgan fingerprint density at radius 3 is 2.33 bits per heavy atom. The van der Waals surface area contributed by atoms with Crippen LogP contribution in [-0.4, -0.2) is 24.8 Å². The van der Waals surface area contributed by atoms with Crippen molar-refractivity contribution in [2.45, 2.75) is 58.7 Å². The molecule has 0 spiro atoms. The van der Waals surface area contributed by atoms with Crippen LogP contribution in [0.2, 0.25) is 0 Å². The average molecular weight is 211 g/mol. The first-order chi connectivity index (χ1) is 6.94. The fourth-order valence-electron chi connectivity index (χ4n) is 2.91. The van der Waals surface area contributed by atoms with E-state index in [0.717, 1.165) is 5.92 Å². The summed E-state index contributed by atoms with van der Waals surface area (Å²) in [5.41, 5.74) is 0.644. The molecule has 0 aromatic carbocycles. The lowest BCUT2D eigenvalue weighted by atomic mass is 9.68. The van der Waals surface area contributed by atoms with Gasteiger partial charge in [-0.3, -0.25) is 0 Å². The van der Waals surface area contributed by atoms with Gasteiger partial charge in [-0.1, -0.05) is 13.8 Å². The van der Waals surface area contributed by atoms with E-state index in [4.69, 9.17) is 4.74 Å². The second kappa shape index (κ2) is 3.74. The van der Waals surface area contributed by atoms with Gasteiger partial charge < -0.3 is 10.1 Å². The fourth-order valence-corrected chi connectivity index (χ4v) is 2.91. The van der Waals surface area contributed by atoms with Crippen molar-refractivity contribution in [2.75, 3.05) is 13.1 Å². The molecule has 2 aliphatic heterocycles. The monoisotopic (exact) mass is 211 g/mol. The van der Waals surface area contributed by atoms with Crippen molar-refractivity contribution in [3.63, 3.8) is 0 Å². The van der Waals surface area contributed by atoms with E-state index >= 15 is 0 Å². The molecule has 2 heterocycles. The molecule has 2 rings (SSSR count). The first-order valence-electron chi connectivity index (χ1n) is 6.32. The Morgan fingerprint density at radius 1 is 1.33 bits per heavy atom. The minimum Gasteiger partial charge on any atom is -0.372 e. The molecule has 88 valence electrons. The standard InChI is InChI=1S/C13H25NO/c1-10(2)13(8-14-9-13)7-11-5-6-12(3,4)15-11/h10-11,14H,5-9H2,1-4H3. The van der Waals surface area contributed by atoms with Gasteiger partial charge in [0.15, 0.2) is 0 Å². The maximum absolute atomic E-state index is 6.10. The third kappa shape index (κ3) is 2.21. The molecule has 1 atom stereocenters. The number of hydrogen-bond acceptors (Lipinski definition) is 2. The Hall–Kier alpha value is -0.0800. The van der Waals surface area contributed by atoms with Gasteiger partial charge in [0.2, 0.25) is 0 Å². The predicted molar refractivity (Wildman–Crippen MR) is 62.9 cm³/mol. The van der Waals surface area contributed by atoms with Gasteiger partial charge >= 0.3 is 0 Å². The summed E-state index contributed by atoms with van der Waals surface area (Å²) in [5.74, 6) is 0.770. The molecule has 2 saturated heterocycles. The lowest BCUT2D eigenvalue weighted by molar-refractivity contribution is -0.0540. The second-order valence-electron chi connectivity index (χ2n) is 6.36. The van der Waals surface area contributed by atoms with Gasteiger partial charge in [0.25, 0.3) is 0 Å². The van der Waals surface area contributed by atoms with Crippen molar-refractivity contribution in [3.8, 4) is 0 Å². The van der Waals surface area contributed by atoms with Crippen molar-refractivity contribution in [3.05, 3.63) is 0 Å². The smallest absolute Gasteiger partial charge is 0.0631 e. The highest BCUT2D eigenvalue weighted by molar-refractivity contribution is 4.97. The Kier molecular flexibility index (Phi) is 2.85. The molecule has 0 amide bonds. The van der Waals surface area contributed by atoms with Crippen LogP contribution >= 0.6 is 0 Å². The normalized spacial score (nSPS) is 33.0. The zero-order valence-corrected chi connectivity index (χ0v) is 10.6. The first-order valence-corrected chi connectivity index (χ1v) is 6.32. The maximum Gasteiger partial charge on any atom is 0.0631 e. The highest BCUT2D eigenvalue weighted by atomic mass is 16.5. The largest absolute Gasteiger partial charge is 0.372 e. The zero-order valence-electron chi connectivity index (χ0n) is 10.6. The third-order valence-corrected chi connectivity index (χ3v) is 4.37. The van der Waals surface area contributed by atoms with E-state index in [0.29, 0.717) is 11.5 Å². The average Bonchev–Trinajstić information content (AvgIpc) is 2.37. The topological polar surface area (TPSA) is 21.3 Å². The van der Waals surface area contributed by atoms with Crippen LogP contribution in [0.15, 0.2) is 0 Å². The van der Waals surface area contributed by atoms with Gasteiger partial charge in [-0.05, 0) is 39.0 Å². The van der Waals surface area contributed by atoms with Crippen LogP contribution in [0.1, 0.15) is 47.0 Å². The summed E-state index contributed by atoms with van der Waals surface area (Å²) in [5, 5.41) is 3.42. The van der Waals surface area contributed by atoms with Crippen molar-refractivity contribution < 1.29 is 4.74 Å². The van der Waals surface area contributed by atoms with E-state index in [1.165, 1.54) is 32.4 Å². The third-order valence-electron chi connectivity index (χ3n) is 4.37. The Labute approximate surface area is 93.8 Å². The van der Waals surface area contributed by atoms with Gasteiger partial charge in [-0.25, -0.2) is 0 Å². The molecular formula is C13H25NO. The highest BCUT2D eigenvalue weighted by Crippen LogP contribution is 2.42. The van der Waals surface area contributed by atoms with E-state index in [1.54, 1.807) is 0 Å². The summed E-state index contributed by atoms with van der Waals surface area (Å²) in [4.78, 5) is 0. The molecule has 0 aliphatic carbocycles. The molecule has 2 heteroatoms. The van der Waals surface area contributed by atoms with Gasteiger partial charge in [0, 0.05) is 18.5 Å². The molecule has 15 heavy (non-hydrogen) atoms. The lowest BCUT2D eigenvalue weighted by Gasteiger charge is -2.47. The minimum absolute atomic E-state index is 0.125. The fraction of sp³-hybridized carbons (Fsp3) is 1.00. The quantitative estimate of drug-likeness (QED) is 0.774. The SMILES string of the molecule is CC(C)C1(CC2CCC(C)(C)O2)CNC1. The maximum atomic E-state index is 6.10. The molecule has 1 unspecified atom stereocenters. The van der Waals surface area contributed by atoms with Crippen LogP contribution < -0.4 is 5.32 Å². The van der Waals surface area contributed by atoms with E-state index in [-0.39, 0.29) is 5.60 Å². The Bertz CT molecular complexity index is 231. The van der Waals surface area contributed by atoms with E-state index in [1.807, 2.05) is 0 Å². The van der Waals surface area contributed by atoms with Crippen LogP contribution in [0.4, 0.5) is 0 Å².